The minimum atomic E-state index is -0.0814. The lowest BCUT2D eigenvalue weighted by Gasteiger charge is -2.13. The van der Waals surface area contributed by atoms with E-state index in [4.69, 9.17) is 0 Å². The van der Waals surface area contributed by atoms with Crippen LogP contribution in [-0.2, 0) is 13.0 Å². The summed E-state index contributed by atoms with van der Waals surface area (Å²) in [4.78, 5) is 12.7. The third-order valence-corrected chi connectivity index (χ3v) is 4.06. The zero-order valence-electron chi connectivity index (χ0n) is 12.9. The minimum Gasteiger partial charge on any atom is -0.351 e. The molecule has 0 aliphatic carbocycles. The molecular formula is C14H21N5OS. The molecule has 1 N–H and O–H groups in total. The summed E-state index contributed by atoms with van der Waals surface area (Å²) in [5, 5.41) is 11.4. The van der Waals surface area contributed by atoms with Gasteiger partial charge in [-0.3, -0.25) is 9.48 Å². The van der Waals surface area contributed by atoms with Gasteiger partial charge in [0, 0.05) is 18.8 Å². The van der Waals surface area contributed by atoms with Crippen LogP contribution in [0.1, 0.15) is 40.6 Å². The van der Waals surface area contributed by atoms with Gasteiger partial charge in [-0.2, -0.15) is 5.10 Å². The lowest BCUT2D eigenvalue weighted by atomic mass is 10.2. The van der Waals surface area contributed by atoms with E-state index >= 15 is 0 Å². The molecular weight excluding hydrogens is 286 g/mol. The van der Waals surface area contributed by atoms with Crippen molar-refractivity contribution in [2.45, 2.75) is 40.7 Å². The molecule has 0 aliphatic rings. The maximum Gasteiger partial charge on any atom is 0.264 e. The van der Waals surface area contributed by atoms with Gasteiger partial charge in [-0.1, -0.05) is 18.3 Å². The topological polar surface area (TPSA) is 72.7 Å². The standard InChI is InChI=1S/C14H21N5OS/c1-5-12-13(21-18-16-12)14(20)15-7-9(2)8-19-11(4)6-10(3)17-19/h6,9H,5,7-8H2,1-4H3,(H,15,20)/t9-/m0/s1. The van der Waals surface area contributed by atoms with Gasteiger partial charge >= 0.3 is 0 Å². The molecule has 0 bridgehead atoms. The summed E-state index contributed by atoms with van der Waals surface area (Å²) >= 11 is 1.15. The summed E-state index contributed by atoms with van der Waals surface area (Å²) in [5.74, 6) is 0.222. The van der Waals surface area contributed by atoms with E-state index < -0.39 is 0 Å². The Hall–Kier alpha value is -1.76. The van der Waals surface area contributed by atoms with Crippen LogP contribution in [-0.4, -0.2) is 31.8 Å². The molecule has 2 aromatic heterocycles. The van der Waals surface area contributed by atoms with E-state index in [-0.39, 0.29) is 5.91 Å². The molecule has 2 rings (SSSR count). The monoisotopic (exact) mass is 307 g/mol. The molecule has 0 saturated carbocycles. The summed E-state index contributed by atoms with van der Waals surface area (Å²) in [6.45, 7) is 9.50. The summed E-state index contributed by atoms with van der Waals surface area (Å²) < 4.78 is 5.82. The Morgan fingerprint density at radius 2 is 2.24 bits per heavy atom. The zero-order valence-corrected chi connectivity index (χ0v) is 13.7. The van der Waals surface area contributed by atoms with Gasteiger partial charge in [0.1, 0.15) is 4.88 Å². The number of nitrogens with one attached hydrogen (secondary N) is 1. The number of aromatic nitrogens is 4. The summed E-state index contributed by atoms with van der Waals surface area (Å²) in [6, 6.07) is 2.06. The molecule has 0 saturated heterocycles. The van der Waals surface area contributed by atoms with Gasteiger partial charge in [-0.05, 0) is 43.8 Å². The van der Waals surface area contributed by atoms with Crippen molar-refractivity contribution in [3.63, 3.8) is 0 Å². The van der Waals surface area contributed by atoms with Crippen LogP contribution in [0.2, 0.25) is 0 Å². The van der Waals surface area contributed by atoms with Gasteiger partial charge in [0.15, 0.2) is 0 Å². The summed E-state index contributed by atoms with van der Waals surface area (Å²) in [6.07, 6.45) is 0.723. The van der Waals surface area contributed by atoms with Crippen LogP contribution in [0.5, 0.6) is 0 Å². The smallest absolute Gasteiger partial charge is 0.264 e. The molecule has 0 spiro atoms. The van der Waals surface area contributed by atoms with E-state index in [1.54, 1.807) is 0 Å². The van der Waals surface area contributed by atoms with Gasteiger partial charge in [-0.25, -0.2) is 0 Å². The van der Waals surface area contributed by atoms with Gasteiger partial charge in [0.25, 0.3) is 5.91 Å². The van der Waals surface area contributed by atoms with E-state index in [2.05, 4.69) is 33.0 Å². The molecule has 0 radical (unpaired) electrons. The van der Waals surface area contributed by atoms with E-state index in [1.165, 1.54) is 0 Å². The van der Waals surface area contributed by atoms with Crippen LogP contribution in [0.15, 0.2) is 6.07 Å². The summed E-state index contributed by atoms with van der Waals surface area (Å²) in [5.41, 5.74) is 2.93. The second kappa shape index (κ2) is 6.80. The molecule has 114 valence electrons. The van der Waals surface area contributed by atoms with E-state index in [9.17, 15) is 4.79 Å². The first-order chi connectivity index (χ1) is 10.0. The average Bonchev–Trinajstić information content (AvgIpc) is 3.03. The fraction of sp³-hybridized carbons (Fsp3) is 0.571. The first kappa shape index (κ1) is 15.6. The minimum absolute atomic E-state index is 0.0814. The van der Waals surface area contributed by atoms with E-state index in [0.29, 0.717) is 17.3 Å². The van der Waals surface area contributed by atoms with Crippen LogP contribution >= 0.6 is 11.5 Å². The Labute approximate surface area is 128 Å². The van der Waals surface area contributed by atoms with Crippen molar-refractivity contribution in [3.05, 3.63) is 28.0 Å². The van der Waals surface area contributed by atoms with E-state index in [1.807, 2.05) is 25.5 Å². The number of hydrogen-bond donors (Lipinski definition) is 1. The molecule has 7 heteroatoms. The van der Waals surface area contributed by atoms with Crippen molar-refractivity contribution >= 4 is 17.4 Å². The highest BCUT2D eigenvalue weighted by Gasteiger charge is 2.16. The van der Waals surface area contributed by atoms with Crippen molar-refractivity contribution in [2.24, 2.45) is 5.92 Å². The molecule has 21 heavy (non-hydrogen) atoms. The first-order valence-corrected chi connectivity index (χ1v) is 7.89. The SMILES string of the molecule is CCc1nnsc1C(=O)NC[C@H](C)Cn1nc(C)cc1C. The maximum absolute atomic E-state index is 12.1. The predicted molar refractivity (Wildman–Crippen MR) is 82.5 cm³/mol. The highest BCUT2D eigenvalue weighted by Crippen LogP contribution is 2.11. The van der Waals surface area contributed by atoms with Crippen molar-refractivity contribution < 1.29 is 4.79 Å². The number of aryl methyl sites for hydroxylation is 3. The van der Waals surface area contributed by atoms with Gasteiger partial charge < -0.3 is 5.32 Å². The largest absolute Gasteiger partial charge is 0.351 e. The Morgan fingerprint density at radius 3 is 2.86 bits per heavy atom. The fourth-order valence-electron chi connectivity index (χ4n) is 2.18. The van der Waals surface area contributed by atoms with Crippen LogP contribution in [0.3, 0.4) is 0 Å². The normalized spacial score (nSPS) is 12.4. The van der Waals surface area contributed by atoms with Crippen LogP contribution in [0.25, 0.3) is 0 Å². The highest BCUT2D eigenvalue weighted by atomic mass is 32.1. The lowest BCUT2D eigenvalue weighted by molar-refractivity contribution is 0.0949. The molecule has 1 atom stereocenters. The number of nitrogens with zero attached hydrogens (tertiary/aromatic N) is 4. The highest BCUT2D eigenvalue weighted by molar-refractivity contribution is 7.08. The van der Waals surface area contributed by atoms with Crippen LogP contribution in [0, 0.1) is 19.8 Å². The quantitative estimate of drug-likeness (QED) is 0.885. The number of carbonyl (C=O) groups excluding carboxylic acids is 1. The second-order valence-corrected chi connectivity index (χ2v) is 6.08. The molecule has 0 unspecified atom stereocenters. The molecule has 0 fully saturated rings. The fourth-order valence-corrected chi connectivity index (χ4v) is 2.85. The first-order valence-electron chi connectivity index (χ1n) is 7.11. The Morgan fingerprint density at radius 1 is 1.48 bits per heavy atom. The zero-order chi connectivity index (χ0) is 15.4. The van der Waals surface area contributed by atoms with Crippen LogP contribution < -0.4 is 5.32 Å². The number of carbonyl (C=O) groups is 1. The molecule has 0 aliphatic heterocycles. The Balaban J connectivity index is 1.88. The molecule has 0 aromatic carbocycles. The number of rotatable bonds is 6. The summed E-state index contributed by atoms with van der Waals surface area (Å²) in [7, 11) is 0. The average molecular weight is 307 g/mol. The predicted octanol–water partition coefficient (Wildman–Crippen LogP) is 1.98. The second-order valence-electron chi connectivity index (χ2n) is 5.33. The van der Waals surface area contributed by atoms with Crippen molar-refractivity contribution in [3.8, 4) is 0 Å². The Bertz CT molecular complexity index is 619. The van der Waals surface area contributed by atoms with Gasteiger partial charge in [0.05, 0.1) is 11.4 Å². The van der Waals surface area contributed by atoms with Gasteiger partial charge in [-0.15, -0.1) is 5.10 Å². The van der Waals surface area contributed by atoms with E-state index in [0.717, 1.165) is 41.6 Å². The molecule has 2 heterocycles. The third-order valence-electron chi connectivity index (χ3n) is 3.30. The van der Waals surface area contributed by atoms with Crippen LogP contribution in [0.4, 0.5) is 0 Å². The lowest BCUT2D eigenvalue weighted by Crippen LogP contribution is -2.30. The molecule has 2 aromatic rings. The molecule has 6 nitrogen and oxygen atoms in total. The number of amides is 1. The van der Waals surface area contributed by atoms with Crippen molar-refractivity contribution in [1.29, 1.82) is 0 Å². The maximum atomic E-state index is 12.1. The van der Waals surface area contributed by atoms with Crippen molar-refractivity contribution in [1.82, 2.24) is 24.7 Å². The van der Waals surface area contributed by atoms with Gasteiger partial charge in [0.2, 0.25) is 0 Å². The third kappa shape index (κ3) is 3.87. The Kier molecular flexibility index (Phi) is 5.06. The molecule has 1 amide bonds. The van der Waals surface area contributed by atoms with Crippen molar-refractivity contribution in [2.75, 3.05) is 6.54 Å². The number of hydrogen-bond acceptors (Lipinski definition) is 5.